The molecule has 1 aromatic heterocycles. The highest BCUT2D eigenvalue weighted by molar-refractivity contribution is 5.96. The van der Waals surface area contributed by atoms with Gasteiger partial charge < -0.3 is 4.42 Å². The quantitative estimate of drug-likeness (QED) is 0.565. The molecule has 0 bridgehead atoms. The Kier molecular flexibility index (Phi) is 2.14. The summed E-state index contributed by atoms with van der Waals surface area (Å²) >= 11 is 0. The number of carbonyl (C=O) groups excluding carboxylic acids is 1. The van der Waals surface area contributed by atoms with Crippen molar-refractivity contribution in [1.29, 1.82) is 5.26 Å². The molecule has 0 fully saturated rings. The maximum Gasteiger partial charge on any atom is 0.300 e. The largest absolute Gasteiger partial charge is 0.451 e. The van der Waals surface area contributed by atoms with Crippen LogP contribution in [0.25, 0.3) is 11.0 Å². The molecule has 0 saturated carbocycles. The van der Waals surface area contributed by atoms with Crippen LogP contribution in [0.2, 0.25) is 0 Å². The van der Waals surface area contributed by atoms with Crippen LogP contribution < -0.4 is 5.32 Å². The summed E-state index contributed by atoms with van der Waals surface area (Å²) in [5.41, 5.74) is 1.74. The van der Waals surface area contributed by atoms with E-state index in [1.807, 2.05) is 24.4 Å². The van der Waals surface area contributed by atoms with E-state index in [1.54, 1.807) is 18.3 Å². The Morgan fingerprint density at radius 1 is 1.47 bits per heavy atom. The molecular weight excluding hydrogens is 192 g/mol. The number of rotatable bonds is 1. The lowest BCUT2D eigenvalue weighted by Crippen LogP contribution is -2.16. The van der Waals surface area contributed by atoms with Crippen LogP contribution in [0.4, 0.5) is 0 Å². The number of hydrogen-bond acceptors (Lipinski definition) is 3. The zero-order valence-corrected chi connectivity index (χ0v) is 8.07. The van der Waals surface area contributed by atoms with Crippen molar-refractivity contribution in [2.75, 3.05) is 0 Å². The van der Waals surface area contributed by atoms with Crippen molar-refractivity contribution in [2.45, 2.75) is 6.92 Å². The van der Waals surface area contributed by atoms with Crippen LogP contribution in [0.15, 0.2) is 28.7 Å². The van der Waals surface area contributed by atoms with Gasteiger partial charge in [0.15, 0.2) is 12.0 Å². The molecule has 1 N–H and O–H groups in total. The van der Waals surface area contributed by atoms with Crippen LogP contribution in [0.3, 0.4) is 0 Å². The summed E-state index contributed by atoms with van der Waals surface area (Å²) < 4.78 is 5.27. The predicted molar refractivity (Wildman–Crippen MR) is 54.0 cm³/mol. The number of hydrogen-bond donors (Lipinski definition) is 1. The predicted octanol–water partition coefficient (Wildman–Crippen LogP) is 1.95. The van der Waals surface area contributed by atoms with Gasteiger partial charge in [-0.1, -0.05) is 11.6 Å². The minimum atomic E-state index is -0.522. The molecule has 1 heterocycles. The highest BCUT2D eigenvalue weighted by Gasteiger charge is 2.11. The van der Waals surface area contributed by atoms with Crippen LogP contribution in [0.1, 0.15) is 16.1 Å². The first-order valence-electron chi connectivity index (χ1n) is 4.40. The van der Waals surface area contributed by atoms with Crippen molar-refractivity contribution in [3.8, 4) is 6.19 Å². The van der Waals surface area contributed by atoms with Gasteiger partial charge in [0, 0.05) is 5.39 Å². The van der Waals surface area contributed by atoms with Crippen molar-refractivity contribution < 1.29 is 9.21 Å². The van der Waals surface area contributed by atoms with Gasteiger partial charge in [-0.25, -0.2) is 0 Å². The monoisotopic (exact) mass is 200 g/mol. The van der Waals surface area contributed by atoms with Crippen molar-refractivity contribution in [1.82, 2.24) is 5.32 Å². The second kappa shape index (κ2) is 3.46. The first-order valence-corrected chi connectivity index (χ1v) is 4.40. The molecule has 1 aromatic carbocycles. The fourth-order valence-electron chi connectivity index (χ4n) is 1.39. The molecule has 15 heavy (non-hydrogen) atoms. The molecule has 0 aliphatic rings. The first kappa shape index (κ1) is 9.28. The Morgan fingerprint density at radius 3 is 3.00 bits per heavy atom. The van der Waals surface area contributed by atoms with Gasteiger partial charge in [0.1, 0.15) is 5.58 Å². The van der Waals surface area contributed by atoms with Gasteiger partial charge in [0.25, 0.3) is 5.91 Å². The molecule has 0 atom stereocenters. The second-order valence-electron chi connectivity index (χ2n) is 3.22. The Balaban J connectivity index is 2.48. The van der Waals surface area contributed by atoms with E-state index in [2.05, 4.69) is 0 Å². The van der Waals surface area contributed by atoms with E-state index in [9.17, 15) is 4.79 Å². The summed E-state index contributed by atoms with van der Waals surface area (Å²) in [5, 5.41) is 11.2. The van der Waals surface area contributed by atoms with Gasteiger partial charge in [-0.15, -0.1) is 0 Å². The number of furan rings is 1. The molecule has 0 radical (unpaired) electrons. The van der Waals surface area contributed by atoms with Crippen molar-refractivity contribution >= 4 is 16.9 Å². The number of nitriles is 1. The van der Waals surface area contributed by atoms with Gasteiger partial charge in [-0.2, -0.15) is 5.26 Å². The number of benzene rings is 1. The number of fused-ring (bicyclic) bond motifs is 1. The zero-order valence-electron chi connectivity index (χ0n) is 8.07. The van der Waals surface area contributed by atoms with Gasteiger partial charge >= 0.3 is 0 Å². The van der Waals surface area contributed by atoms with Crippen molar-refractivity contribution in [3.05, 3.63) is 35.6 Å². The topological polar surface area (TPSA) is 66.0 Å². The van der Waals surface area contributed by atoms with E-state index in [4.69, 9.17) is 9.68 Å². The van der Waals surface area contributed by atoms with Gasteiger partial charge in [0.2, 0.25) is 0 Å². The molecule has 0 unspecified atom stereocenters. The third-order valence-corrected chi connectivity index (χ3v) is 2.07. The van der Waals surface area contributed by atoms with Crippen molar-refractivity contribution in [3.63, 3.8) is 0 Å². The van der Waals surface area contributed by atoms with E-state index in [1.165, 1.54) is 0 Å². The highest BCUT2D eigenvalue weighted by Crippen LogP contribution is 2.20. The molecule has 1 amide bonds. The minimum absolute atomic E-state index is 0.150. The van der Waals surface area contributed by atoms with Crippen LogP contribution in [-0.4, -0.2) is 5.91 Å². The van der Waals surface area contributed by atoms with Crippen molar-refractivity contribution in [2.24, 2.45) is 0 Å². The second-order valence-corrected chi connectivity index (χ2v) is 3.22. The maximum absolute atomic E-state index is 11.3. The molecule has 0 aliphatic carbocycles. The van der Waals surface area contributed by atoms with Crippen LogP contribution >= 0.6 is 0 Å². The number of carbonyl (C=O) groups is 1. The third kappa shape index (κ3) is 1.67. The van der Waals surface area contributed by atoms with Crippen LogP contribution in [-0.2, 0) is 0 Å². The molecule has 4 nitrogen and oxygen atoms in total. The highest BCUT2D eigenvalue weighted by atomic mass is 16.3. The smallest absolute Gasteiger partial charge is 0.300 e. The van der Waals surface area contributed by atoms with Gasteiger partial charge in [-0.05, 0) is 25.1 Å². The lowest BCUT2D eigenvalue weighted by atomic mass is 10.2. The molecule has 0 aliphatic heterocycles. The maximum atomic E-state index is 11.3. The Morgan fingerprint density at radius 2 is 2.27 bits per heavy atom. The SMILES string of the molecule is Cc1ccc2oc(C(=O)NC#N)cc2c1. The Bertz CT molecular complexity index is 563. The fraction of sp³-hybridized carbons (Fsp3) is 0.0909. The Hall–Kier alpha value is -2.28. The normalized spacial score (nSPS) is 9.87. The first-order chi connectivity index (χ1) is 7.20. The molecule has 74 valence electrons. The van der Waals surface area contributed by atoms with E-state index >= 15 is 0 Å². The fourth-order valence-corrected chi connectivity index (χ4v) is 1.39. The number of aryl methyl sites for hydroxylation is 1. The molecular formula is C11H8N2O2. The van der Waals surface area contributed by atoms with Gasteiger partial charge in [-0.3, -0.25) is 10.1 Å². The van der Waals surface area contributed by atoms with Gasteiger partial charge in [0.05, 0.1) is 0 Å². The molecule has 4 heteroatoms. The van der Waals surface area contributed by atoms with E-state index in [0.717, 1.165) is 10.9 Å². The number of amides is 1. The van der Waals surface area contributed by atoms with E-state index in [0.29, 0.717) is 5.58 Å². The lowest BCUT2D eigenvalue weighted by molar-refractivity contribution is 0.0948. The summed E-state index contributed by atoms with van der Waals surface area (Å²) in [6, 6.07) is 7.24. The molecule has 2 aromatic rings. The molecule has 0 saturated heterocycles. The standard InChI is InChI=1S/C11H8N2O2/c1-7-2-3-9-8(4-7)5-10(15-9)11(14)13-6-12/h2-5H,1H3,(H,13,14). The number of nitrogens with zero attached hydrogens (tertiary/aromatic N) is 1. The number of nitrogens with one attached hydrogen (secondary N) is 1. The third-order valence-electron chi connectivity index (χ3n) is 2.07. The van der Waals surface area contributed by atoms with Crippen LogP contribution in [0, 0.1) is 18.4 Å². The molecule has 0 spiro atoms. The summed E-state index contributed by atoms with van der Waals surface area (Å²) in [6.07, 6.45) is 1.56. The summed E-state index contributed by atoms with van der Waals surface area (Å²) in [7, 11) is 0. The Labute approximate surface area is 86.1 Å². The zero-order chi connectivity index (χ0) is 10.8. The average Bonchev–Trinajstić information content (AvgIpc) is 2.60. The van der Waals surface area contributed by atoms with E-state index in [-0.39, 0.29) is 5.76 Å². The minimum Gasteiger partial charge on any atom is -0.451 e. The lowest BCUT2D eigenvalue weighted by Gasteiger charge is -1.90. The van der Waals surface area contributed by atoms with E-state index < -0.39 is 5.91 Å². The summed E-state index contributed by atoms with van der Waals surface area (Å²) in [6.45, 7) is 1.96. The summed E-state index contributed by atoms with van der Waals surface area (Å²) in [5.74, 6) is -0.372. The summed E-state index contributed by atoms with van der Waals surface area (Å²) in [4.78, 5) is 11.3. The van der Waals surface area contributed by atoms with Crippen LogP contribution in [0.5, 0.6) is 0 Å². The average molecular weight is 200 g/mol. The molecule has 2 rings (SSSR count).